The van der Waals surface area contributed by atoms with Gasteiger partial charge in [0.1, 0.15) is 10.6 Å². The van der Waals surface area contributed by atoms with Gasteiger partial charge in [-0.25, -0.2) is 12.8 Å². The minimum atomic E-state index is -3.67. The number of halogens is 1. The molecule has 0 N–H and O–H groups in total. The van der Waals surface area contributed by atoms with Crippen LogP contribution in [0.25, 0.3) is 0 Å². The highest BCUT2D eigenvalue weighted by Gasteiger charge is 2.30. The Hall–Kier alpha value is -2.47. The standard InChI is InChI=1S/C22H29FN4O5S/c1-24-16-18(33(29,30)27-9-11-32-12-10-27)14-20(24)22(28)26-7-5-25(6-8-26)15-17-3-4-21(31-2)19(23)13-17/h3-4,13-14,16H,5-12,15H2,1-2H3. The number of carbonyl (C=O) groups excluding carboxylic acids is 1. The fraction of sp³-hybridized carbons (Fsp3) is 0.500. The maximum Gasteiger partial charge on any atom is 0.270 e. The van der Waals surface area contributed by atoms with Crippen LogP contribution in [-0.4, -0.2) is 92.6 Å². The smallest absolute Gasteiger partial charge is 0.270 e. The number of amides is 1. The van der Waals surface area contributed by atoms with Crippen molar-refractivity contribution in [1.82, 2.24) is 18.7 Å². The van der Waals surface area contributed by atoms with Gasteiger partial charge in [0.25, 0.3) is 5.91 Å². The van der Waals surface area contributed by atoms with Crippen molar-refractivity contribution in [2.24, 2.45) is 7.05 Å². The largest absolute Gasteiger partial charge is 0.494 e. The summed E-state index contributed by atoms with van der Waals surface area (Å²) in [4.78, 5) is 17.1. The molecule has 2 fully saturated rings. The number of carbonyl (C=O) groups is 1. The maximum absolute atomic E-state index is 14.0. The first-order valence-electron chi connectivity index (χ1n) is 10.9. The number of piperazine rings is 1. The first-order valence-corrected chi connectivity index (χ1v) is 12.3. The van der Waals surface area contributed by atoms with E-state index in [0.717, 1.165) is 5.56 Å². The van der Waals surface area contributed by atoms with Gasteiger partial charge in [0.15, 0.2) is 11.6 Å². The molecule has 180 valence electrons. The molecule has 0 bridgehead atoms. The predicted octanol–water partition coefficient (Wildman–Crippen LogP) is 1.15. The van der Waals surface area contributed by atoms with E-state index >= 15 is 0 Å². The van der Waals surface area contributed by atoms with E-state index in [0.29, 0.717) is 64.7 Å². The van der Waals surface area contributed by atoms with Crippen LogP contribution in [0.2, 0.25) is 0 Å². The van der Waals surface area contributed by atoms with Gasteiger partial charge in [-0.2, -0.15) is 4.31 Å². The summed E-state index contributed by atoms with van der Waals surface area (Å²) in [6.45, 7) is 4.22. The SMILES string of the molecule is COc1ccc(CN2CCN(C(=O)c3cc(S(=O)(=O)N4CCOCC4)cn3C)CC2)cc1F. The molecule has 2 saturated heterocycles. The summed E-state index contributed by atoms with van der Waals surface area (Å²) < 4.78 is 53.0. The maximum atomic E-state index is 14.0. The van der Waals surface area contributed by atoms with Crippen LogP contribution in [0.3, 0.4) is 0 Å². The number of morpholine rings is 1. The van der Waals surface area contributed by atoms with Crippen molar-refractivity contribution in [3.63, 3.8) is 0 Å². The van der Waals surface area contributed by atoms with Crippen molar-refractivity contribution in [2.75, 3.05) is 59.6 Å². The molecule has 33 heavy (non-hydrogen) atoms. The van der Waals surface area contributed by atoms with Crippen LogP contribution in [0.1, 0.15) is 16.1 Å². The van der Waals surface area contributed by atoms with Crippen molar-refractivity contribution in [1.29, 1.82) is 0 Å². The summed E-state index contributed by atoms with van der Waals surface area (Å²) in [5.41, 5.74) is 1.18. The lowest BCUT2D eigenvalue weighted by atomic mass is 10.1. The second-order valence-electron chi connectivity index (χ2n) is 8.23. The van der Waals surface area contributed by atoms with E-state index in [9.17, 15) is 17.6 Å². The summed E-state index contributed by atoms with van der Waals surface area (Å²) in [5.74, 6) is -0.377. The van der Waals surface area contributed by atoms with Crippen LogP contribution in [0.15, 0.2) is 35.4 Å². The Morgan fingerprint density at radius 3 is 2.42 bits per heavy atom. The summed E-state index contributed by atoms with van der Waals surface area (Å²) in [6, 6.07) is 6.37. The lowest BCUT2D eigenvalue weighted by Crippen LogP contribution is -2.48. The average molecular weight is 481 g/mol. The zero-order chi connectivity index (χ0) is 23.6. The number of aryl methyl sites for hydroxylation is 1. The summed E-state index contributed by atoms with van der Waals surface area (Å²) in [5, 5.41) is 0. The summed E-state index contributed by atoms with van der Waals surface area (Å²) >= 11 is 0. The molecule has 0 saturated carbocycles. The second kappa shape index (κ2) is 9.80. The highest BCUT2D eigenvalue weighted by Crippen LogP contribution is 2.22. The highest BCUT2D eigenvalue weighted by molar-refractivity contribution is 7.89. The van der Waals surface area contributed by atoms with Crippen molar-refractivity contribution < 1.29 is 27.1 Å². The number of ether oxygens (including phenoxy) is 2. The first-order chi connectivity index (χ1) is 15.8. The zero-order valence-corrected chi connectivity index (χ0v) is 19.7. The molecule has 2 aromatic rings. The molecule has 9 nitrogen and oxygen atoms in total. The number of rotatable bonds is 6. The number of nitrogens with zero attached hydrogens (tertiary/aromatic N) is 4. The molecule has 1 aromatic heterocycles. The molecule has 2 aliphatic rings. The number of aromatic nitrogens is 1. The molecule has 0 aliphatic carbocycles. The van der Waals surface area contributed by atoms with E-state index < -0.39 is 15.8 Å². The Labute approximate surface area is 193 Å². The van der Waals surface area contributed by atoms with Gasteiger partial charge in [-0.1, -0.05) is 6.07 Å². The van der Waals surface area contributed by atoms with E-state index in [1.165, 1.54) is 29.7 Å². The molecule has 2 aliphatic heterocycles. The molecule has 0 unspecified atom stereocenters. The molecule has 1 aromatic carbocycles. The topological polar surface area (TPSA) is 84.3 Å². The lowest BCUT2D eigenvalue weighted by Gasteiger charge is -2.34. The van der Waals surface area contributed by atoms with Crippen LogP contribution in [0, 0.1) is 5.82 Å². The van der Waals surface area contributed by atoms with Gasteiger partial charge >= 0.3 is 0 Å². The number of hydrogen-bond donors (Lipinski definition) is 0. The van der Waals surface area contributed by atoms with Gasteiger partial charge in [0.2, 0.25) is 10.0 Å². The third-order valence-corrected chi connectivity index (χ3v) is 7.95. The molecule has 3 heterocycles. The zero-order valence-electron chi connectivity index (χ0n) is 18.9. The van der Waals surface area contributed by atoms with Crippen molar-refractivity contribution in [3.8, 4) is 5.75 Å². The molecule has 0 atom stereocenters. The van der Waals surface area contributed by atoms with Gasteiger partial charge in [0, 0.05) is 59.1 Å². The first kappa shape index (κ1) is 23.7. The minimum absolute atomic E-state index is 0.121. The third-order valence-electron chi connectivity index (χ3n) is 6.09. The third kappa shape index (κ3) is 5.06. The molecule has 11 heteroatoms. The Balaban J connectivity index is 1.38. The summed E-state index contributed by atoms with van der Waals surface area (Å²) in [6.07, 6.45) is 1.49. The minimum Gasteiger partial charge on any atom is -0.494 e. The van der Waals surface area contributed by atoms with Crippen LogP contribution in [0.5, 0.6) is 5.75 Å². The Kier molecular flexibility index (Phi) is 7.03. The van der Waals surface area contributed by atoms with E-state index in [4.69, 9.17) is 9.47 Å². The van der Waals surface area contributed by atoms with Crippen LogP contribution in [0.4, 0.5) is 4.39 Å². The Bertz CT molecular complexity index is 1110. The molecule has 0 spiro atoms. The molecular formula is C22H29FN4O5S. The average Bonchev–Trinajstić information content (AvgIpc) is 3.22. The Morgan fingerprint density at radius 1 is 1.09 bits per heavy atom. The van der Waals surface area contributed by atoms with E-state index in [-0.39, 0.29) is 16.6 Å². The van der Waals surface area contributed by atoms with Crippen LogP contribution < -0.4 is 4.74 Å². The molecular weight excluding hydrogens is 451 g/mol. The van der Waals surface area contributed by atoms with Crippen LogP contribution in [-0.2, 0) is 28.4 Å². The van der Waals surface area contributed by atoms with E-state index in [1.807, 2.05) is 6.07 Å². The van der Waals surface area contributed by atoms with Gasteiger partial charge in [-0.3, -0.25) is 9.69 Å². The number of hydrogen-bond acceptors (Lipinski definition) is 6. The molecule has 0 radical (unpaired) electrons. The second-order valence-corrected chi connectivity index (χ2v) is 10.2. The van der Waals surface area contributed by atoms with E-state index in [2.05, 4.69) is 4.90 Å². The van der Waals surface area contributed by atoms with Crippen LogP contribution >= 0.6 is 0 Å². The normalized spacial score (nSPS) is 18.5. The predicted molar refractivity (Wildman–Crippen MR) is 119 cm³/mol. The van der Waals surface area contributed by atoms with Crippen molar-refractivity contribution in [2.45, 2.75) is 11.4 Å². The number of sulfonamides is 1. The van der Waals surface area contributed by atoms with Crippen molar-refractivity contribution in [3.05, 3.63) is 47.5 Å². The monoisotopic (exact) mass is 480 g/mol. The fourth-order valence-electron chi connectivity index (χ4n) is 4.16. The fourth-order valence-corrected chi connectivity index (χ4v) is 5.64. The van der Waals surface area contributed by atoms with Gasteiger partial charge < -0.3 is 18.9 Å². The summed E-state index contributed by atoms with van der Waals surface area (Å²) in [7, 11) is -0.553. The van der Waals surface area contributed by atoms with Gasteiger partial charge in [-0.05, 0) is 23.8 Å². The van der Waals surface area contributed by atoms with E-state index in [1.54, 1.807) is 22.6 Å². The molecule has 1 amide bonds. The number of methoxy groups -OCH3 is 1. The van der Waals surface area contributed by atoms with Crippen molar-refractivity contribution >= 4 is 15.9 Å². The quantitative estimate of drug-likeness (QED) is 0.617. The Morgan fingerprint density at radius 2 is 1.79 bits per heavy atom. The highest BCUT2D eigenvalue weighted by atomic mass is 32.2. The van der Waals surface area contributed by atoms with Gasteiger partial charge in [0.05, 0.1) is 20.3 Å². The number of benzene rings is 1. The molecule has 4 rings (SSSR count). The van der Waals surface area contributed by atoms with Gasteiger partial charge in [-0.15, -0.1) is 0 Å². The lowest BCUT2D eigenvalue weighted by molar-refractivity contribution is 0.0619.